The topological polar surface area (TPSA) is 63.2 Å². The molecule has 0 spiro atoms. The highest BCUT2D eigenvalue weighted by atomic mass is 35.5. The van der Waals surface area contributed by atoms with Gasteiger partial charge in [0.05, 0.1) is 40.6 Å². The Kier molecular flexibility index (Phi) is 9.57. The summed E-state index contributed by atoms with van der Waals surface area (Å²) in [4.78, 5) is 12.5. The van der Waals surface area contributed by atoms with E-state index in [9.17, 15) is 9.18 Å². The van der Waals surface area contributed by atoms with Crippen LogP contribution in [0.15, 0.2) is 54.6 Å². The van der Waals surface area contributed by atoms with Crippen LogP contribution in [0.1, 0.15) is 27.0 Å². The van der Waals surface area contributed by atoms with Gasteiger partial charge >= 0.3 is 0 Å². The molecular formula is C29H28ClFO6. The zero-order chi connectivity index (χ0) is 26.9. The van der Waals surface area contributed by atoms with Crippen molar-refractivity contribution in [3.05, 3.63) is 87.7 Å². The van der Waals surface area contributed by atoms with E-state index in [-0.39, 0.29) is 17.1 Å². The molecule has 0 aliphatic rings. The second kappa shape index (κ2) is 12.8. The van der Waals surface area contributed by atoms with Crippen LogP contribution in [-0.4, -0.2) is 41.3 Å². The number of ether oxygens (including phenoxy) is 5. The number of ketones is 1. The molecule has 3 rings (SSSR count). The van der Waals surface area contributed by atoms with E-state index >= 15 is 0 Å². The van der Waals surface area contributed by atoms with Crippen LogP contribution >= 0.6 is 11.6 Å². The first kappa shape index (κ1) is 27.6. The molecule has 0 unspecified atom stereocenters. The van der Waals surface area contributed by atoms with Gasteiger partial charge in [-0.1, -0.05) is 29.8 Å². The molecule has 0 heterocycles. The van der Waals surface area contributed by atoms with E-state index in [0.29, 0.717) is 34.4 Å². The predicted octanol–water partition coefficient (Wildman–Crippen LogP) is 6.67. The van der Waals surface area contributed by atoms with Crippen molar-refractivity contribution in [2.45, 2.75) is 6.42 Å². The van der Waals surface area contributed by atoms with Gasteiger partial charge in [0.25, 0.3) is 0 Å². The third-order valence-corrected chi connectivity index (χ3v) is 5.89. The van der Waals surface area contributed by atoms with Gasteiger partial charge < -0.3 is 23.7 Å². The molecule has 6 nitrogen and oxygen atoms in total. The van der Waals surface area contributed by atoms with Gasteiger partial charge in [0.15, 0.2) is 28.8 Å². The Hall–Kier alpha value is -3.97. The molecular weight excluding hydrogens is 499 g/mol. The fraction of sp³-hybridized carbons (Fsp3) is 0.207. The highest BCUT2D eigenvalue weighted by molar-refractivity contribution is 6.32. The average Bonchev–Trinajstić information content (AvgIpc) is 2.91. The molecule has 0 saturated heterocycles. The highest BCUT2D eigenvalue weighted by Gasteiger charge is 2.13. The maximum atomic E-state index is 14.0. The predicted molar refractivity (Wildman–Crippen MR) is 143 cm³/mol. The summed E-state index contributed by atoms with van der Waals surface area (Å²) in [5.74, 6) is 1.25. The van der Waals surface area contributed by atoms with E-state index < -0.39 is 5.82 Å². The lowest BCUT2D eigenvalue weighted by atomic mass is 10.0. The molecule has 37 heavy (non-hydrogen) atoms. The van der Waals surface area contributed by atoms with E-state index in [4.69, 9.17) is 35.3 Å². The summed E-state index contributed by atoms with van der Waals surface area (Å²) in [7, 11) is 7.56. The largest absolute Gasteiger partial charge is 0.495 e. The fourth-order valence-corrected chi connectivity index (χ4v) is 3.94. The Morgan fingerprint density at radius 2 is 1.46 bits per heavy atom. The Balaban J connectivity index is 1.89. The van der Waals surface area contributed by atoms with E-state index in [2.05, 4.69) is 0 Å². The van der Waals surface area contributed by atoms with Crippen molar-refractivity contribution in [1.29, 1.82) is 0 Å². The molecule has 0 aliphatic heterocycles. The molecule has 3 aromatic carbocycles. The van der Waals surface area contributed by atoms with Crippen molar-refractivity contribution in [2.75, 3.05) is 35.5 Å². The zero-order valence-corrected chi connectivity index (χ0v) is 22.0. The van der Waals surface area contributed by atoms with Gasteiger partial charge in [-0.05, 0) is 71.7 Å². The normalized spacial score (nSPS) is 11.1. The lowest BCUT2D eigenvalue weighted by Gasteiger charge is -2.13. The van der Waals surface area contributed by atoms with Crippen LogP contribution in [0.2, 0.25) is 5.02 Å². The first-order valence-corrected chi connectivity index (χ1v) is 11.6. The SMILES string of the molecule is COc1ccc(C(=O)/C=C\Cc2cc(OC)c(Cl)cc2/C=C\c2cc(OC)c(OC)c(OC)c2)cc1F. The fourth-order valence-electron chi connectivity index (χ4n) is 3.69. The van der Waals surface area contributed by atoms with Gasteiger partial charge in [-0.2, -0.15) is 0 Å². The standard InChI is InChI=1S/C29H28ClFO6/c1-33-25-12-11-21(16-23(25)31)24(32)8-6-7-19-17-26(34-2)22(30)15-20(19)10-9-18-13-27(35-3)29(37-5)28(14-18)36-4/h6,8-17H,7H2,1-5H3/b8-6-,10-9-. The number of hydrogen-bond donors (Lipinski definition) is 0. The smallest absolute Gasteiger partial charge is 0.203 e. The van der Waals surface area contributed by atoms with Gasteiger partial charge in [-0.25, -0.2) is 4.39 Å². The van der Waals surface area contributed by atoms with E-state index in [1.165, 1.54) is 32.4 Å². The van der Waals surface area contributed by atoms with Crippen molar-refractivity contribution in [3.63, 3.8) is 0 Å². The minimum atomic E-state index is -0.594. The number of allylic oxidation sites excluding steroid dienone is 2. The Bertz CT molecular complexity index is 1310. The monoisotopic (exact) mass is 526 g/mol. The van der Waals surface area contributed by atoms with E-state index in [1.54, 1.807) is 33.5 Å². The van der Waals surface area contributed by atoms with Crippen LogP contribution in [-0.2, 0) is 6.42 Å². The summed E-state index contributed by atoms with van der Waals surface area (Å²) in [5.41, 5.74) is 2.74. The van der Waals surface area contributed by atoms with Crippen LogP contribution in [0, 0.1) is 5.82 Å². The second-order valence-corrected chi connectivity index (χ2v) is 8.20. The third-order valence-electron chi connectivity index (χ3n) is 5.60. The Morgan fingerprint density at radius 3 is 2.03 bits per heavy atom. The first-order valence-electron chi connectivity index (χ1n) is 11.2. The van der Waals surface area contributed by atoms with Crippen LogP contribution in [0.3, 0.4) is 0 Å². The van der Waals surface area contributed by atoms with Crippen molar-refractivity contribution in [3.8, 4) is 28.7 Å². The molecule has 0 aromatic heterocycles. The lowest BCUT2D eigenvalue weighted by molar-refractivity contribution is 0.104. The Labute approximate surface area is 220 Å². The van der Waals surface area contributed by atoms with Gasteiger partial charge in [0.2, 0.25) is 5.75 Å². The van der Waals surface area contributed by atoms with Crippen LogP contribution < -0.4 is 23.7 Å². The summed E-state index contributed by atoms with van der Waals surface area (Å²) in [6.07, 6.45) is 7.32. The molecule has 0 atom stereocenters. The van der Waals surface area contributed by atoms with Gasteiger partial charge in [0.1, 0.15) is 5.75 Å². The lowest BCUT2D eigenvalue weighted by Crippen LogP contribution is -1.98. The third kappa shape index (κ3) is 6.62. The van der Waals surface area contributed by atoms with Gasteiger partial charge in [0, 0.05) is 5.56 Å². The first-order chi connectivity index (χ1) is 17.8. The molecule has 0 fully saturated rings. The maximum Gasteiger partial charge on any atom is 0.203 e. The van der Waals surface area contributed by atoms with E-state index in [1.807, 2.05) is 30.4 Å². The number of carbonyl (C=O) groups is 1. The minimum absolute atomic E-state index is 0.0808. The quantitative estimate of drug-likeness (QED) is 0.158. The van der Waals surface area contributed by atoms with Gasteiger partial charge in [-0.3, -0.25) is 4.79 Å². The summed E-state index contributed by atoms with van der Waals surface area (Å²) in [6, 6.07) is 11.4. The number of rotatable bonds is 11. The van der Waals surface area contributed by atoms with Crippen molar-refractivity contribution in [1.82, 2.24) is 0 Å². The van der Waals surface area contributed by atoms with Crippen LogP contribution in [0.25, 0.3) is 12.2 Å². The summed E-state index contributed by atoms with van der Waals surface area (Å²) >= 11 is 6.39. The molecule has 8 heteroatoms. The van der Waals surface area contributed by atoms with Crippen LogP contribution in [0.5, 0.6) is 28.7 Å². The van der Waals surface area contributed by atoms with E-state index in [0.717, 1.165) is 22.8 Å². The van der Waals surface area contributed by atoms with Gasteiger partial charge in [-0.15, -0.1) is 0 Å². The maximum absolute atomic E-state index is 14.0. The molecule has 194 valence electrons. The van der Waals surface area contributed by atoms with Crippen molar-refractivity contribution in [2.24, 2.45) is 0 Å². The summed E-state index contributed by atoms with van der Waals surface area (Å²) in [6.45, 7) is 0. The number of benzene rings is 3. The summed E-state index contributed by atoms with van der Waals surface area (Å²) in [5, 5.41) is 0.449. The molecule has 3 aromatic rings. The molecule has 0 amide bonds. The molecule has 0 aliphatic carbocycles. The number of hydrogen-bond acceptors (Lipinski definition) is 6. The zero-order valence-electron chi connectivity index (χ0n) is 21.3. The number of halogens is 2. The summed E-state index contributed by atoms with van der Waals surface area (Å²) < 4.78 is 40.5. The van der Waals surface area contributed by atoms with Crippen molar-refractivity contribution >= 4 is 29.5 Å². The van der Waals surface area contributed by atoms with Crippen molar-refractivity contribution < 1.29 is 32.9 Å². The minimum Gasteiger partial charge on any atom is -0.495 e. The van der Waals surface area contributed by atoms with Crippen LogP contribution in [0.4, 0.5) is 4.39 Å². The molecule has 0 saturated carbocycles. The molecule has 0 N–H and O–H groups in total. The number of methoxy groups -OCH3 is 5. The Morgan fingerprint density at radius 1 is 0.811 bits per heavy atom. The number of carbonyl (C=O) groups excluding carboxylic acids is 1. The highest BCUT2D eigenvalue weighted by Crippen LogP contribution is 2.39. The second-order valence-electron chi connectivity index (χ2n) is 7.80. The average molecular weight is 527 g/mol. The molecule has 0 bridgehead atoms. The molecule has 0 radical (unpaired) electrons.